The first-order valence-corrected chi connectivity index (χ1v) is 7.93. The van der Waals surface area contributed by atoms with Gasteiger partial charge in [0, 0.05) is 18.2 Å². The Labute approximate surface area is 150 Å². The van der Waals surface area contributed by atoms with Crippen LogP contribution >= 0.6 is 0 Å². The molecule has 0 radical (unpaired) electrons. The predicted molar refractivity (Wildman–Crippen MR) is 96.9 cm³/mol. The Morgan fingerprint density at radius 2 is 1.58 bits per heavy atom. The van der Waals surface area contributed by atoms with Gasteiger partial charge in [0.2, 0.25) is 0 Å². The van der Waals surface area contributed by atoms with Crippen LogP contribution in [0.3, 0.4) is 0 Å². The molecule has 6 nitrogen and oxygen atoms in total. The Bertz CT molecular complexity index is 878. The molecule has 0 aromatic heterocycles. The molecular weight excluding hydrogens is 334 g/mol. The third-order valence-electron chi connectivity index (χ3n) is 3.66. The van der Waals surface area contributed by atoms with Crippen molar-refractivity contribution in [3.63, 3.8) is 0 Å². The largest absolute Gasteiger partial charge is 0.493 e. The third-order valence-corrected chi connectivity index (χ3v) is 3.66. The Morgan fingerprint density at radius 1 is 0.885 bits per heavy atom. The second kappa shape index (κ2) is 8.02. The van der Waals surface area contributed by atoms with Crippen LogP contribution in [0.25, 0.3) is 0 Å². The summed E-state index contributed by atoms with van der Waals surface area (Å²) in [4.78, 5) is 10.2. The Hall–Kier alpha value is -3.54. The molecule has 6 heteroatoms. The lowest BCUT2D eigenvalue weighted by Gasteiger charge is -2.12. The molecule has 132 valence electrons. The minimum Gasteiger partial charge on any atom is -0.493 e. The maximum atomic E-state index is 10.7. The van der Waals surface area contributed by atoms with Gasteiger partial charge in [-0.15, -0.1) is 0 Å². The summed E-state index contributed by atoms with van der Waals surface area (Å²) in [5, 5.41) is 10.7. The molecule has 0 N–H and O–H groups in total. The van der Waals surface area contributed by atoms with E-state index in [-0.39, 0.29) is 5.69 Å². The predicted octanol–water partition coefficient (Wildman–Crippen LogP) is 4.97. The van der Waals surface area contributed by atoms with Gasteiger partial charge >= 0.3 is 0 Å². The number of methoxy groups -OCH3 is 1. The molecule has 0 unspecified atom stereocenters. The summed E-state index contributed by atoms with van der Waals surface area (Å²) >= 11 is 0. The highest BCUT2D eigenvalue weighted by Crippen LogP contribution is 2.35. The Morgan fingerprint density at radius 3 is 2.23 bits per heavy atom. The summed E-state index contributed by atoms with van der Waals surface area (Å²) in [5.41, 5.74) is 1.08. The highest BCUT2D eigenvalue weighted by atomic mass is 16.6. The second-order valence-electron chi connectivity index (χ2n) is 5.44. The van der Waals surface area contributed by atoms with Crippen molar-refractivity contribution >= 4 is 5.69 Å². The number of benzene rings is 3. The molecule has 0 saturated heterocycles. The standard InChI is InChI=1S/C20H17NO5/c1-24-20-13-18(25-14-15-5-3-2-4-6-15)11-12-19(20)26-17-9-7-16(8-10-17)21(22)23/h2-13H,14H2,1H3. The van der Waals surface area contributed by atoms with Crippen molar-refractivity contribution in [2.75, 3.05) is 7.11 Å². The zero-order valence-electron chi connectivity index (χ0n) is 14.1. The number of nitro benzene ring substituents is 1. The lowest BCUT2D eigenvalue weighted by atomic mass is 10.2. The Kier molecular flexibility index (Phi) is 5.34. The van der Waals surface area contributed by atoms with E-state index < -0.39 is 4.92 Å². The lowest BCUT2D eigenvalue weighted by Crippen LogP contribution is -1.96. The van der Waals surface area contributed by atoms with E-state index in [0.29, 0.717) is 29.6 Å². The van der Waals surface area contributed by atoms with Crippen molar-refractivity contribution in [3.05, 3.63) is 88.5 Å². The van der Waals surface area contributed by atoms with Gasteiger partial charge in [0.05, 0.1) is 12.0 Å². The minimum absolute atomic E-state index is 0.00831. The van der Waals surface area contributed by atoms with Crippen molar-refractivity contribution < 1.29 is 19.1 Å². The van der Waals surface area contributed by atoms with Gasteiger partial charge in [-0.25, -0.2) is 0 Å². The molecule has 3 rings (SSSR count). The number of hydrogen-bond donors (Lipinski definition) is 0. The van der Waals surface area contributed by atoms with Crippen LogP contribution in [-0.4, -0.2) is 12.0 Å². The van der Waals surface area contributed by atoms with E-state index in [1.807, 2.05) is 30.3 Å². The fourth-order valence-corrected chi connectivity index (χ4v) is 2.33. The first-order valence-electron chi connectivity index (χ1n) is 7.93. The summed E-state index contributed by atoms with van der Waals surface area (Å²) < 4.78 is 16.9. The highest BCUT2D eigenvalue weighted by Gasteiger charge is 2.10. The van der Waals surface area contributed by atoms with Gasteiger partial charge in [-0.2, -0.15) is 0 Å². The average Bonchev–Trinajstić information content (AvgIpc) is 2.68. The molecule has 0 atom stereocenters. The van der Waals surface area contributed by atoms with Gasteiger partial charge < -0.3 is 14.2 Å². The van der Waals surface area contributed by atoms with Gasteiger partial charge in [-0.3, -0.25) is 10.1 Å². The first-order chi connectivity index (χ1) is 12.7. The molecular formula is C20H17NO5. The smallest absolute Gasteiger partial charge is 0.269 e. The molecule has 0 aliphatic heterocycles. The minimum atomic E-state index is -0.455. The number of nitro groups is 1. The highest BCUT2D eigenvalue weighted by molar-refractivity contribution is 5.48. The van der Waals surface area contributed by atoms with Crippen LogP contribution in [0.5, 0.6) is 23.0 Å². The number of rotatable bonds is 7. The van der Waals surface area contributed by atoms with Crippen LogP contribution in [0, 0.1) is 10.1 Å². The van der Waals surface area contributed by atoms with E-state index in [1.54, 1.807) is 25.3 Å². The monoisotopic (exact) mass is 351 g/mol. The summed E-state index contributed by atoms with van der Waals surface area (Å²) in [7, 11) is 1.54. The van der Waals surface area contributed by atoms with Crippen molar-refractivity contribution in [2.24, 2.45) is 0 Å². The van der Waals surface area contributed by atoms with Gasteiger partial charge in [0.25, 0.3) is 5.69 Å². The molecule has 0 aliphatic carbocycles. The van der Waals surface area contributed by atoms with E-state index in [4.69, 9.17) is 14.2 Å². The molecule has 26 heavy (non-hydrogen) atoms. The maximum absolute atomic E-state index is 10.7. The molecule has 0 heterocycles. The van der Waals surface area contributed by atoms with Gasteiger partial charge in [-0.1, -0.05) is 30.3 Å². The SMILES string of the molecule is COc1cc(OCc2ccccc2)ccc1Oc1ccc([N+](=O)[O-])cc1. The average molecular weight is 351 g/mol. The quantitative estimate of drug-likeness (QED) is 0.444. The van der Waals surface area contributed by atoms with Gasteiger partial charge in [-0.05, 0) is 29.8 Å². The summed E-state index contributed by atoms with van der Waals surface area (Å²) in [5.74, 6) is 2.14. The molecule has 0 amide bonds. The molecule has 0 aliphatic rings. The summed E-state index contributed by atoms with van der Waals surface area (Å²) in [6, 6.07) is 21.0. The van der Waals surface area contributed by atoms with Crippen LogP contribution in [0.1, 0.15) is 5.56 Å². The van der Waals surface area contributed by atoms with Crippen LogP contribution in [0.4, 0.5) is 5.69 Å². The van der Waals surface area contributed by atoms with Gasteiger partial charge in [0.15, 0.2) is 11.5 Å². The number of non-ortho nitro benzene ring substituents is 1. The summed E-state index contributed by atoms with van der Waals surface area (Å²) in [6.45, 7) is 0.451. The zero-order chi connectivity index (χ0) is 18.4. The van der Waals surface area contributed by atoms with E-state index in [9.17, 15) is 10.1 Å². The normalized spacial score (nSPS) is 10.2. The molecule has 3 aromatic carbocycles. The second-order valence-corrected chi connectivity index (χ2v) is 5.44. The van der Waals surface area contributed by atoms with E-state index in [2.05, 4.69) is 0 Å². The molecule has 0 spiro atoms. The lowest BCUT2D eigenvalue weighted by molar-refractivity contribution is -0.384. The van der Waals surface area contributed by atoms with Crippen molar-refractivity contribution in [1.82, 2.24) is 0 Å². The van der Waals surface area contributed by atoms with E-state index in [1.165, 1.54) is 24.3 Å². The topological polar surface area (TPSA) is 70.8 Å². The Balaban J connectivity index is 1.71. The molecule has 0 saturated carbocycles. The van der Waals surface area contributed by atoms with Crippen molar-refractivity contribution in [2.45, 2.75) is 6.61 Å². The van der Waals surface area contributed by atoms with Crippen molar-refractivity contribution in [3.8, 4) is 23.0 Å². The molecule has 0 bridgehead atoms. The van der Waals surface area contributed by atoms with Crippen LogP contribution in [-0.2, 0) is 6.61 Å². The fraction of sp³-hybridized carbons (Fsp3) is 0.100. The fourth-order valence-electron chi connectivity index (χ4n) is 2.33. The van der Waals surface area contributed by atoms with E-state index in [0.717, 1.165) is 5.56 Å². The number of nitrogens with zero attached hydrogens (tertiary/aromatic N) is 1. The zero-order valence-corrected chi connectivity index (χ0v) is 14.1. The third kappa shape index (κ3) is 4.30. The van der Waals surface area contributed by atoms with Crippen molar-refractivity contribution in [1.29, 1.82) is 0 Å². The first kappa shape index (κ1) is 17.3. The molecule has 3 aromatic rings. The number of ether oxygens (including phenoxy) is 3. The van der Waals surface area contributed by atoms with Crippen LogP contribution in [0.2, 0.25) is 0 Å². The summed E-state index contributed by atoms with van der Waals surface area (Å²) in [6.07, 6.45) is 0. The van der Waals surface area contributed by atoms with Crippen LogP contribution < -0.4 is 14.2 Å². The van der Waals surface area contributed by atoms with Gasteiger partial charge in [0.1, 0.15) is 18.1 Å². The van der Waals surface area contributed by atoms with Crippen LogP contribution in [0.15, 0.2) is 72.8 Å². The maximum Gasteiger partial charge on any atom is 0.269 e. The molecule has 0 fully saturated rings. The number of hydrogen-bond acceptors (Lipinski definition) is 5. The van der Waals surface area contributed by atoms with E-state index >= 15 is 0 Å².